The molecule has 0 amide bonds. The molecule has 14 heavy (non-hydrogen) atoms. The summed E-state index contributed by atoms with van der Waals surface area (Å²) in [5, 5.41) is 9.53. The number of phenolic OH excluding ortho intramolecular Hbond substituents is 1. The molecule has 0 fully saturated rings. The molecule has 1 aliphatic heterocycles. The number of carbonyl (C=O) groups is 1. The average Bonchev–Trinajstić information content (AvgIpc) is 2.41. The number of benzene rings is 1. The van der Waals surface area contributed by atoms with E-state index in [2.05, 4.69) is 0 Å². The van der Waals surface area contributed by atoms with E-state index in [9.17, 15) is 9.90 Å². The predicted octanol–water partition coefficient (Wildman–Crippen LogP) is 2.19. The van der Waals surface area contributed by atoms with Crippen molar-refractivity contribution in [3.63, 3.8) is 0 Å². The Morgan fingerprint density at radius 3 is 2.86 bits per heavy atom. The van der Waals surface area contributed by atoms with Gasteiger partial charge in [0.15, 0.2) is 0 Å². The van der Waals surface area contributed by atoms with Crippen molar-refractivity contribution in [2.24, 2.45) is 0 Å². The second kappa shape index (κ2) is 2.74. The minimum atomic E-state index is -0.578. The molecule has 1 N–H and O–H groups in total. The maximum Gasteiger partial charge on any atom is 0.343 e. The number of hydrogen-bond donors (Lipinski definition) is 1. The Hall–Kier alpha value is -1.51. The van der Waals surface area contributed by atoms with Gasteiger partial charge in [0.25, 0.3) is 0 Å². The summed E-state index contributed by atoms with van der Waals surface area (Å²) >= 11 is 0. The van der Waals surface area contributed by atoms with Gasteiger partial charge in [-0.1, -0.05) is 19.1 Å². The van der Waals surface area contributed by atoms with Crippen molar-refractivity contribution in [1.29, 1.82) is 0 Å². The Balaban J connectivity index is 2.66. The number of rotatable bonds is 1. The van der Waals surface area contributed by atoms with E-state index in [1.54, 1.807) is 6.07 Å². The summed E-state index contributed by atoms with van der Waals surface area (Å²) in [6.45, 7) is 3.81. The summed E-state index contributed by atoms with van der Waals surface area (Å²) in [6, 6.07) is 5.05. The fraction of sp³-hybridized carbons (Fsp3) is 0.364. The Morgan fingerprint density at radius 1 is 1.50 bits per heavy atom. The van der Waals surface area contributed by atoms with Gasteiger partial charge < -0.3 is 9.84 Å². The zero-order chi connectivity index (χ0) is 10.3. The molecule has 1 aromatic rings. The molecule has 2 rings (SSSR count). The second-order valence-corrected chi connectivity index (χ2v) is 3.67. The third-order valence-corrected chi connectivity index (χ3v) is 2.81. The van der Waals surface area contributed by atoms with Crippen LogP contribution in [0.5, 0.6) is 5.75 Å². The summed E-state index contributed by atoms with van der Waals surface area (Å²) < 4.78 is 5.25. The van der Waals surface area contributed by atoms with Crippen LogP contribution in [0.3, 0.4) is 0 Å². The Morgan fingerprint density at radius 2 is 2.21 bits per heavy atom. The van der Waals surface area contributed by atoms with E-state index in [-0.39, 0.29) is 5.75 Å². The lowest BCUT2D eigenvalue weighted by molar-refractivity contribution is -0.000823. The molecular weight excluding hydrogens is 180 g/mol. The standard InChI is InChI=1S/C11H12O3/c1-3-11(2)7-5-4-6-8(12)9(7)10(13)14-11/h4-6,12H,3H2,1-2H3/t11-/m0/s1. The van der Waals surface area contributed by atoms with Crippen LogP contribution in [-0.4, -0.2) is 11.1 Å². The third kappa shape index (κ3) is 1.02. The molecule has 0 aromatic heterocycles. The van der Waals surface area contributed by atoms with Crippen molar-refractivity contribution in [1.82, 2.24) is 0 Å². The lowest BCUT2D eigenvalue weighted by Gasteiger charge is -2.21. The second-order valence-electron chi connectivity index (χ2n) is 3.67. The van der Waals surface area contributed by atoms with Gasteiger partial charge in [0.2, 0.25) is 0 Å². The van der Waals surface area contributed by atoms with Gasteiger partial charge in [-0.25, -0.2) is 4.79 Å². The highest BCUT2D eigenvalue weighted by atomic mass is 16.6. The number of esters is 1. The van der Waals surface area contributed by atoms with Crippen molar-refractivity contribution < 1.29 is 14.6 Å². The number of carbonyl (C=O) groups excluding carboxylic acids is 1. The highest BCUT2D eigenvalue weighted by Crippen LogP contribution is 2.41. The molecule has 0 bridgehead atoms. The molecule has 0 radical (unpaired) electrons. The van der Waals surface area contributed by atoms with Crippen LogP contribution in [0.15, 0.2) is 18.2 Å². The van der Waals surface area contributed by atoms with Gasteiger partial charge in [-0.2, -0.15) is 0 Å². The van der Waals surface area contributed by atoms with E-state index in [4.69, 9.17) is 4.74 Å². The fourth-order valence-electron chi connectivity index (χ4n) is 1.77. The van der Waals surface area contributed by atoms with Crippen LogP contribution in [0.1, 0.15) is 36.2 Å². The first-order valence-electron chi connectivity index (χ1n) is 4.64. The molecule has 1 aliphatic rings. The maximum atomic E-state index is 11.5. The molecule has 1 aromatic carbocycles. The van der Waals surface area contributed by atoms with Crippen LogP contribution in [0, 0.1) is 0 Å². The Bertz CT molecular complexity index is 398. The molecule has 0 unspecified atom stereocenters. The topological polar surface area (TPSA) is 46.5 Å². The minimum Gasteiger partial charge on any atom is -0.507 e. The lowest BCUT2D eigenvalue weighted by Crippen LogP contribution is -2.20. The van der Waals surface area contributed by atoms with Crippen molar-refractivity contribution in [3.05, 3.63) is 29.3 Å². The van der Waals surface area contributed by atoms with Crippen molar-refractivity contribution >= 4 is 5.97 Å². The van der Waals surface area contributed by atoms with Crippen LogP contribution in [0.2, 0.25) is 0 Å². The van der Waals surface area contributed by atoms with E-state index < -0.39 is 11.6 Å². The fourth-order valence-corrected chi connectivity index (χ4v) is 1.77. The molecular formula is C11H12O3. The van der Waals surface area contributed by atoms with Crippen LogP contribution in [-0.2, 0) is 10.3 Å². The molecule has 1 heterocycles. The van der Waals surface area contributed by atoms with Gasteiger partial charge in [-0.3, -0.25) is 0 Å². The van der Waals surface area contributed by atoms with E-state index in [1.807, 2.05) is 19.9 Å². The summed E-state index contributed by atoms with van der Waals surface area (Å²) in [5.74, 6) is -0.424. The molecule has 0 spiro atoms. The van der Waals surface area contributed by atoms with Crippen molar-refractivity contribution in [3.8, 4) is 5.75 Å². The SMILES string of the molecule is CC[C@]1(C)OC(=O)c2c(O)cccc21. The van der Waals surface area contributed by atoms with Gasteiger partial charge in [-0.15, -0.1) is 0 Å². The average molecular weight is 192 g/mol. The predicted molar refractivity (Wildman–Crippen MR) is 51.2 cm³/mol. The highest BCUT2D eigenvalue weighted by Gasteiger charge is 2.41. The maximum absolute atomic E-state index is 11.5. The number of aromatic hydroxyl groups is 1. The summed E-state index contributed by atoms with van der Waals surface area (Å²) in [7, 11) is 0. The number of fused-ring (bicyclic) bond motifs is 1. The number of ether oxygens (including phenoxy) is 1. The molecule has 0 aliphatic carbocycles. The van der Waals surface area contributed by atoms with Gasteiger partial charge in [-0.05, 0) is 19.4 Å². The molecule has 3 heteroatoms. The van der Waals surface area contributed by atoms with Crippen LogP contribution < -0.4 is 0 Å². The number of phenols is 1. The first kappa shape index (κ1) is 9.06. The van der Waals surface area contributed by atoms with E-state index in [0.717, 1.165) is 5.56 Å². The zero-order valence-electron chi connectivity index (χ0n) is 8.20. The van der Waals surface area contributed by atoms with Crippen LogP contribution in [0.25, 0.3) is 0 Å². The first-order chi connectivity index (χ1) is 6.58. The molecule has 0 saturated carbocycles. The monoisotopic (exact) mass is 192 g/mol. The smallest absolute Gasteiger partial charge is 0.343 e. The Kier molecular flexibility index (Phi) is 1.77. The van der Waals surface area contributed by atoms with E-state index >= 15 is 0 Å². The van der Waals surface area contributed by atoms with Crippen LogP contribution >= 0.6 is 0 Å². The summed E-state index contributed by atoms with van der Waals surface area (Å²) in [4.78, 5) is 11.5. The van der Waals surface area contributed by atoms with Crippen LogP contribution in [0.4, 0.5) is 0 Å². The lowest BCUT2D eigenvalue weighted by atomic mass is 9.91. The van der Waals surface area contributed by atoms with E-state index in [0.29, 0.717) is 12.0 Å². The van der Waals surface area contributed by atoms with Gasteiger partial charge in [0.1, 0.15) is 16.9 Å². The third-order valence-electron chi connectivity index (χ3n) is 2.81. The Labute approximate surface area is 82.3 Å². The molecule has 1 atom stereocenters. The molecule has 74 valence electrons. The largest absolute Gasteiger partial charge is 0.507 e. The summed E-state index contributed by atoms with van der Waals surface area (Å²) in [6.07, 6.45) is 0.704. The van der Waals surface area contributed by atoms with Crippen molar-refractivity contribution in [2.75, 3.05) is 0 Å². The zero-order valence-corrected chi connectivity index (χ0v) is 8.20. The molecule has 0 saturated heterocycles. The van der Waals surface area contributed by atoms with Gasteiger partial charge in [0.05, 0.1) is 0 Å². The number of cyclic esters (lactones) is 1. The quantitative estimate of drug-likeness (QED) is 0.694. The minimum absolute atomic E-state index is 0.00433. The highest BCUT2D eigenvalue weighted by molar-refractivity contribution is 5.97. The molecule has 3 nitrogen and oxygen atoms in total. The van der Waals surface area contributed by atoms with Gasteiger partial charge >= 0.3 is 5.97 Å². The van der Waals surface area contributed by atoms with Gasteiger partial charge in [0, 0.05) is 5.56 Å². The van der Waals surface area contributed by atoms with E-state index in [1.165, 1.54) is 6.07 Å². The van der Waals surface area contributed by atoms with Crippen molar-refractivity contribution in [2.45, 2.75) is 25.9 Å². The normalized spacial score (nSPS) is 24.6. The number of hydrogen-bond acceptors (Lipinski definition) is 3. The summed E-state index contributed by atoms with van der Waals surface area (Å²) in [5.41, 5.74) is 0.521. The first-order valence-corrected chi connectivity index (χ1v) is 4.64.